The number of anilines is 3. The van der Waals surface area contributed by atoms with Crippen LogP contribution in [0.25, 0.3) is 16.8 Å². The van der Waals surface area contributed by atoms with E-state index in [1.807, 2.05) is 30.3 Å². The topological polar surface area (TPSA) is 121 Å². The molecule has 0 bridgehead atoms. The van der Waals surface area contributed by atoms with E-state index in [2.05, 4.69) is 37.2 Å². The van der Waals surface area contributed by atoms with Gasteiger partial charge < -0.3 is 20.1 Å². The van der Waals surface area contributed by atoms with Crippen molar-refractivity contribution in [2.24, 2.45) is 0 Å². The molecule has 1 aliphatic heterocycles. The van der Waals surface area contributed by atoms with Crippen LogP contribution in [0.5, 0.6) is 0 Å². The number of fused-ring (bicyclic) bond motifs is 1. The number of hydrogen-bond acceptors (Lipinski definition) is 8. The van der Waals surface area contributed by atoms with Crippen LogP contribution >= 0.6 is 0 Å². The van der Waals surface area contributed by atoms with Gasteiger partial charge in [-0.25, -0.2) is 22.6 Å². The van der Waals surface area contributed by atoms with Crippen molar-refractivity contribution in [3.05, 3.63) is 66.9 Å². The summed E-state index contributed by atoms with van der Waals surface area (Å²) < 4.78 is 34.5. The Kier molecular flexibility index (Phi) is 6.64. The molecule has 182 valence electrons. The second-order valence-corrected chi connectivity index (χ2v) is 9.82. The number of morpholine rings is 1. The van der Waals surface area contributed by atoms with Gasteiger partial charge in [-0.3, -0.25) is 0 Å². The molecule has 0 radical (unpaired) electrons. The second-order valence-electron chi connectivity index (χ2n) is 8.06. The van der Waals surface area contributed by atoms with E-state index in [9.17, 15) is 8.42 Å². The lowest BCUT2D eigenvalue weighted by Gasteiger charge is -2.28. The van der Waals surface area contributed by atoms with Crippen LogP contribution in [-0.2, 0) is 14.8 Å². The summed E-state index contributed by atoms with van der Waals surface area (Å²) in [6, 6.07) is 18.5. The molecular weight excluding hydrogens is 468 g/mol. The van der Waals surface area contributed by atoms with Crippen LogP contribution in [0.3, 0.4) is 0 Å². The smallest absolute Gasteiger partial charge is 0.245 e. The van der Waals surface area contributed by atoms with E-state index in [0.29, 0.717) is 11.5 Å². The highest BCUT2D eigenvalue weighted by atomic mass is 32.2. The van der Waals surface area contributed by atoms with Crippen molar-refractivity contribution in [3.8, 4) is 11.3 Å². The zero-order chi connectivity index (χ0) is 24.3. The Balaban J connectivity index is 1.39. The number of hydrogen-bond donors (Lipinski definition) is 3. The van der Waals surface area contributed by atoms with Crippen molar-refractivity contribution in [1.29, 1.82) is 0 Å². The van der Waals surface area contributed by atoms with Gasteiger partial charge >= 0.3 is 0 Å². The number of nitrogens with zero attached hydrogens (tertiary/aromatic N) is 4. The molecule has 11 heteroatoms. The van der Waals surface area contributed by atoms with Crippen LogP contribution in [-0.4, -0.2) is 67.6 Å². The fraction of sp³-hybridized carbons (Fsp3) is 0.250. The summed E-state index contributed by atoms with van der Waals surface area (Å²) in [7, 11) is -3.72. The summed E-state index contributed by atoms with van der Waals surface area (Å²) in [4.78, 5) is 6.82. The maximum Gasteiger partial charge on any atom is 0.245 e. The first-order valence-electron chi connectivity index (χ1n) is 11.3. The van der Waals surface area contributed by atoms with Crippen molar-refractivity contribution in [3.63, 3.8) is 0 Å². The molecule has 0 amide bonds. The van der Waals surface area contributed by atoms with Crippen molar-refractivity contribution in [2.45, 2.75) is 4.90 Å². The number of aliphatic hydroxyl groups excluding tert-OH is 1. The van der Waals surface area contributed by atoms with Gasteiger partial charge in [0, 0.05) is 36.6 Å². The Hall–Kier alpha value is -3.51. The van der Waals surface area contributed by atoms with E-state index in [0.717, 1.165) is 48.9 Å². The van der Waals surface area contributed by atoms with Gasteiger partial charge in [0.1, 0.15) is 0 Å². The second kappa shape index (κ2) is 10.0. The number of aromatic nitrogens is 3. The molecule has 3 heterocycles. The molecule has 4 aromatic rings. The van der Waals surface area contributed by atoms with Crippen LogP contribution in [0.15, 0.2) is 71.8 Å². The van der Waals surface area contributed by atoms with Gasteiger partial charge in [-0.15, -0.1) is 5.10 Å². The summed E-state index contributed by atoms with van der Waals surface area (Å²) >= 11 is 0. The third kappa shape index (κ3) is 5.13. The van der Waals surface area contributed by atoms with E-state index in [-0.39, 0.29) is 18.0 Å². The number of sulfonamides is 1. The van der Waals surface area contributed by atoms with Crippen LogP contribution in [0.1, 0.15) is 0 Å². The molecule has 3 N–H and O–H groups in total. The molecule has 0 unspecified atom stereocenters. The van der Waals surface area contributed by atoms with Crippen molar-refractivity contribution in [2.75, 3.05) is 49.7 Å². The quantitative estimate of drug-likeness (QED) is 0.341. The lowest BCUT2D eigenvalue weighted by atomic mass is 10.2. The number of ether oxygens (including phenoxy) is 1. The van der Waals surface area contributed by atoms with Gasteiger partial charge in [0.2, 0.25) is 16.0 Å². The molecule has 5 rings (SSSR count). The van der Waals surface area contributed by atoms with Gasteiger partial charge in [0.15, 0.2) is 0 Å². The molecule has 0 saturated carbocycles. The molecule has 2 aromatic carbocycles. The molecule has 2 aromatic heterocycles. The zero-order valence-electron chi connectivity index (χ0n) is 19.0. The molecule has 1 aliphatic rings. The Bertz CT molecular complexity index is 1420. The van der Waals surface area contributed by atoms with Gasteiger partial charge in [-0.2, -0.15) is 0 Å². The average Bonchev–Trinajstić information content (AvgIpc) is 3.32. The van der Waals surface area contributed by atoms with E-state index in [4.69, 9.17) is 9.84 Å². The van der Waals surface area contributed by atoms with Crippen molar-refractivity contribution in [1.82, 2.24) is 19.3 Å². The van der Waals surface area contributed by atoms with E-state index in [1.54, 1.807) is 22.8 Å². The van der Waals surface area contributed by atoms with E-state index in [1.165, 1.54) is 6.07 Å². The van der Waals surface area contributed by atoms with Crippen LogP contribution in [0.4, 0.5) is 17.3 Å². The number of rotatable bonds is 8. The standard InChI is InChI=1S/C24H26N6O4S/c31-13-10-26-35(32,33)22-3-1-2-18(16-22)23-9-8-21-17-25-24(28-30(21)23)27-19-4-6-20(7-5-19)29-11-14-34-15-12-29/h1-9,16-17,26,31H,10-15H2,(H,27,28). The predicted octanol–water partition coefficient (Wildman–Crippen LogP) is 2.25. The Morgan fingerprint density at radius 1 is 1.03 bits per heavy atom. The summed E-state index contributed by atoms with van der Waals surface area (Å²) in [5.74, 6) is 0.419. The third-order valence-electron chi connectivity index (χ3n) is 5.74. The van der Waals surface area contributed by atoms with Gasteiger partial charge in [0.25, 0.3) is 0 Å². The van der Waals surface area contributed by atoms with Crippen LogP contribution in [0, 0.1) is 0 Å². The summed E-state index contributed by atoms with van der Waals surface area (Å²) in [6.45, 7) is 2.91. The third-order valence-corrected chi connectivity index (χ3v) is 7.20. The summed E-state index contributed by atoms with van der Waals surface area (Å²) in [5, 5.41) is 16.8. The first-order chi connectivity index (χ1) is 17.0. The normalized spacial score (nSPS) is 14.4. The maximum absolute atomic E-state index is 12.5. The summed E-state index contributed by atoms with van der Waals surface area (Å²) in [5.41, 5.74) is 4.20. The van der Waals surface area contributed by atoms with Gasteiger partial charge in [-0.05, 0) is 48.5 Å². The maximum atomic E-state index is 12.5. The monoisotopic (exact) mass is 494 g/mol. The SMILES string of the molecule is O=S(=O)(NCCO)c1cccc(-c2ccc3cnc(Nc4ccc(N5CCOCC5)cc4)nn23)c1. The Morgan fingerprint density at radius 3 is 2.60 bits per heavy atom. The first-order valence-corrected chi connectivity index (χ1v) is 12.8. The van der Waals surface area contributed by atoms with E-state index < -0.39 is 10.0 Å². The minimum absolute atomic E-state index is 0.0453. The van der Waals surface area contributed by atoms with Crippen molar-refractivity contribution >= 4 is 32.9 Å². The molecule has 0 spiro atoms. The summed E-state index contributed by atoms with van der Waals surface area (Å²) in [6.07, 6.45) is 1.71. The fourth-order valence-electron chi connectivity index (χ4n) is 3.97. The Morgan fingerprint density at radius 2 is 1.83 bits per heavy atom. The first kappa shape index (κ1) is 23.2. The van der Waals surface area contributed by atoms with Crippen LogP contribution in [0.2, 0.25) is 0 Å². The minimum Gasteiger partial charge on any atom is -0.395 e. The lowest BCUT2D eigenvalue weighted by molar-refractivity contribution is 0.122. The molecule has 1 fully saturated rings. The van der Waals surface area contributed by atoms with Crippen LogP contribution < -0.4 is 14.9 Å². The average molecular weight is 495 g/mol. The highest BCUT2D eigenvalue weighted by molar-refractivity contribution is 7.89. The molecule has 10 nitrogen and oxygen atoms in total. The molecule has 0 aliphatic carbocycles. The largest absolute Gasteiger partial charge is 0.395 e. The predicted molar refractivity (Wildman–Crippen MR) is 133 cm³/mol. The molecule has 1 saturated heterocycles. The highest BCUT2D eigenvalue weighted by Gasteiger charge is 2.16. The highest BCUT2D eigenvalue weighted by Crippen LogP contribution is 2.26. The van der Waals surface area contributed by atoms with Gasteiger partial charge in [-0.1, -0.05) is 12.1 Å². The molecule has 35 heavy (non-hydrogen) atoms. The molecule has 0 atom stereocenters. The fourth-order valence-corrected chi connectivity index (χ4v) is 5.04. The Labute approximate surface area is 203 Å². The minimum atomic E-state index is -3.72. The lowest BCUT2D eigenvalue weighted by Crippen LogP contribution is -2.36. The zero-order valence-corrected chi connectivity index (χ0v) is 19.8. The van der Waals surface area contributed by atoms with Crippen molar-refractivity contribution < 1.29 is 18.3 Å². The van der Waals surface area contributed by atoms with E-state index >= 15 is 0 Å². The van der Waals surface area contributed by atoms with Gasteiger partial charge in [0.05, 0.1) is 42.1 Å². The molecular formula is C24H26N6O4S. The number of aliphatic hydroxyl groups is 1. The number of benzene rings is 2. The number of nitrogens with one attached hydrogen (secondary N) is 2.